The minimum absolute atomic E-state index is 0.0784. The second kappa shape index (κ2) is 4.63. The molecule has 1 saturated heterocycles. The van der Waals surface area contributed by atoms with Crippen molar-refractivity contribution in [2.45, 2.75) is 23.5 Å². The van der Waals surface area contributed by atoms with Crippen LogP contribution in [0.5, 0.6) is 0 Å². The second-order valence-electron chi connectivity index (χ2n) is 4.01. The van der Waals surface area contributed by atoms with E-state index in [0.29, 0.717) is 0 Å². The fourth-order valence-electron chi connectivity index (χ4n) is 1.91. The van der Waals surface area contributed by atoms with Crippen LogP contribution in [0.1, 0.15) is 6.42 Å². The minimum atomic E-state index is -3.94. The monoisotopic (exact) mass is 272 g/mol. The molecule has 0 bridgehead atoms. The molecule has 0 aromatic carbocycles. The van der Waals surface area contributed by atoms with Crippen LogP contribution in [0, 0.1) is 0 Å². The average molecular weight is 272 g/mol. The lowest BCUT2D eigenvalue weighted by Gasteiger charge is -2.20. The van der Waals surface area contributed by atoms with Gasteiger partial charge < -0.3 is 10.2 Å². The summed E-state index contributed by atoms with van der Waals surface area (Å²) in [5.74, 6) is -1.26. The van der Waals surface area contributed by atoms with E-state index in [2.05, 4.69) is 4.98 Å². The van der Waals surface area contributed by atoms with Crippen LogP contribution >= 0.6 is 0 Å². The van der Waals surface area contributed by atoms with Crippen LogP contribution in [-0.2, 0) is 14.8 Å². The first-order valence-corrected chi connectivity index (χ1v) is 6.69. The Morgan fingerprint density at radius 1 is 1.50 bits per heavy atom. The maximum Gasteiger partial charge on any atom is 0.322 e. The molecule has 0 saturated carbocycles. The largest absolute Gasteiger partial charge is 0.480 e. The first-order valence-electron chi connectivity index (χ1n) is 5.25. The molecule has 98 valence electrons. The molecule has 2 rings (SSSR count). The van der Waals surface area contributed by atoms with Gasteiger partial charge in [0.1, 0.15) is 10.9 Å². The molecule has 1 aromatic heterocycles. The predicted octanol–water partition coefficient (Wildman–Crippen LogP) is -0.710. The number of aliphatic carboxylic acids is 1. The highest BCUT2D eigenvalue weighted by Crippen LogP contribution is 2.25. The molecular weight excluding hydrogens is 260 g/mol. The number of nitrogens with zero attached hydrogens (tertiary/aromatic N) is 2. The van der Waals surface area contributed by atoms with Crippen LogP contribution in [0.4, 0.5) is 0 Å². The molecule has 2 heterocycles. The molecule has 0 radical (unpaired) electrons. The van der Waals surface area contributed by atoms with Gasteiger partial charge in [0.25, 0.3) is 0 Å². The fraction of sp³-hybridized carbons (Fsp3) is 0.400. The molecule has 2 N–H and O–H groups in total. The van der Waals surface area contributed by atoms with Crippen molar-refractivity contribution >= 4 is 16.0 Å². The topological polar surface area (TPSA) is 108 Å². The molecule has 0 unspecified atom stereocenters. The number of β-amino-alcohol motifs (C(OH)–C–C–N with tert-alkyl or cyclic N) is 1. The van der Waals surface area contributed by atoms with E-state index in [-0.39, 0.29) is 17.9 Å². The summed E-state index contributed by atoms with van der Waals surface area (Å²) in [6.45, 7) is -0.214. The molecule has 0 amide bonds. The maximum absolute atomic E-state index is 12.2. The van der Waals surface area contributed by atoms with Crippen molar-refractivity contribution in [3.8, 4) is 0 Å². The summed E-state index contributed by atoms with van der Waals surface area (Å²) in [4.78, 5) is 14.6. The van der Waals surface area contributed by atoms with Crippen molar-refractivity contribution in [1.82, 2.24) is 9.29 Å². The number of aliphatic hydroxyl groups is 1. The van der Waals surface area contributed by atoms with Gasteiger partial charge in [0.15, 0.2) is 0 Å². The Labute approximate surface area is 104 Å². The first-order chi connectivity index (χ1) is 8.43. The Balaban J connectivity index is 2.38. The number of rotatable bonds is 3. The number of pyridine rings is 1. The summed E-state index contributed by atoms with van der Waals surface area (Å²) < 4.78 is 25.2. The lowest BCUT2D eigenvalue weighted by Crippen LogP contribution is -2.40. The number of aliphatic hydroxyl groups excluding tert-OH is 1. The average Bonchev–Trinajstić information content (AvgIpc) is 2.73. The summed E-state index contributed by atoms with van der Waals surface area (Å²) in [7, 11) is -3.94. The highest BCUT2D eigenvalue weighted by Gasteiger charge is 2.43. The SMILES string of the molecule is O=C(O)[C@H]1C[C@@H](O)CN1S(=O)(=O)c1cccnc1. The van der Waals surface area contributed by atoms with Gasteiger partial charge in [0, 0.05) is 25.4 Å². The molecule has 1 fully saturated rings. The number of carbonyl (C=O) groups is 1. The van der Waals surface area contributed by atoms with Gasteiger partial charge in [-0.15, -0.1) is 0 Å². The summed E-state index contributed by atoms with van der Waals surface area (Å²) in [6, 6.07) is 1.56. The third-order valence-electron chi connectivity index (χ3n) is 2.76. The van der Waals surface area contributed by atoms with Gasteiger partial charge in [0.2, 0.25) is 10.0 Å². The fourth-order valence-corrected chi connectivity index (χ4v) is 3.50. The van der Waals surface area contributed by atoms with Gasteiger partial charge in [-0.05, 0) is 12.1 Å². The van der Waals surface area contributed by atoms with Crippen LogP contribution in [0.3, 0.4) is 0 Å². The third kappa shape index (κ3) is 2.22. The quantitative estimate of drug-likeness (QED) is 0.752. The Morgan fingerprint density at radius 2 is 2.22 bits per heavy atom. The maximum atomic E-state index is 12.2. The van der Waals surface area contributed by atoms with Crippen LogP contribution in [-0.4, -0.2) is 52.6 Å². The second-order valence-corrected chi connectivity index (χ2v) is 5.90. The molecule has 0 spiro atoms. The highest BCUT2D eigenvalue weighted by molar-refractivity contribution is 7.89. The van der Waals surface area contributed by atoms with Gasteiger partial charge in [-0.2, -0.15) is 4.31 Å². The van der Waals surface area contributed by atoms with Gasteiger partial charge in [-0.1, -0.05) is 0 Å². The van der Waals surface area contributed by atoms with Crippen LogP contribution in [0.2, 0.25) is 0 Å². The first kappa shape index (κ1) is 12.9. The van der Waals surface area contributed by atoms with E-state index >= 15 is 0 Å². The number of hydrogen-bond donors (Lipinski definition) is 2. The number of sulfonamides is 1. The summed E-state index contributed by atoms with van der Waals surface area (Å²) in [5.41, 5.74) is 0. The number of carboxylic acid groups (broad SMARTS) is 1. The van der Waals surface area contributed by atoms with Crippen molar-refractivity contribution < 1.29 is 23.4 Å². The molecule has 1 aromatic rings. The van der Waals surface area contributed by atoms with Gasteiger partial charge in [-0.25, -0.2) is 8.42 Å². The molecule has 2 atom stereocenters. The molecule has 18 heavy (non-hydrogen) atoms. The standard InChI is InChI=1S/C10H12N2O5S/c13-7-4-9(10(14)15)12(6-7)18(16,17)8-2-1-3-11-5-8/h1-3,5,7,9,13H,4,6H2,(H,14,15)/t7-,9-/m1/s1. The lowest BCUT2D eigenvalue weighted by molar-refractivity contribution is -0.140. The van der Waals surface area contributed by atoms with Crippen molar-refractivity contribution in [2.75, 3.05) is 6.54 Å². The molecule has 8 heteroatoms. The molecular formula is C10H12N2O5S. The summed E-state index contributed by atoms with van der Waals surface area (Å²) >= 11 is 0. The Hall–Kier alpha value is -1.51. The zero-order chi connectivity index (χ0) is 13.3. The van der Waals surface area contributed by atoms with Gasteiger partial charge >= 0.3 is 5.97 Å². The molecule has 1 aliphatic heterocycles. The van der Waals surface area contributed by atoms with Gasteiger partial charge in [-0.3, -0.25) is 9.78 Å². The van der Waals surface area contributed by atoms with Crippen LogP contribution < -0.4 is 0 Å². The highest BCUT2D eigenvalue weighted by atomic mass is 32.2. The molecule has 0 aliphatic carbocycles. The zero-order valence-electron chi connectivity index (χ0n) is 9.30. The van der Waals surface area contributed by atoms with E-state index < -0.39 is 28.1 Å². The zero-order valence-corrected chi connectivity index (χ0v) is 10.1. The summed E-state index contributed by atoms with van der Waals surface area (Å²) in [5, 5.41) is 18.4. The van der Waals surface area contributed by atoms with Crippen LogP contribution in [0.15, 0.2) is 29.4 Å². The Kier molecular flexibility index (Phi) is 3.33. The molecule has 1 aliphatic rings. The third-order valence-corrected chi connectivity index (χ3v) is 4.62. The molecule has 7 nitrogen and oxygen atoms in total. The van der Waals surface area contributed by atoms with E-state index in [1.165, 1.54) is 18.3 Å². The van der Waals surface area contributed by atoms with Crippen molar-refractivity contribution in [3.63, 3.8) is 0 Å². The number of carboxylic acids is 1. The Bertz CT molecular complexity index is 545. The van der Waals surface area contributed by atoms with Crippen molar-refractivity contribution in [3.05, 3.63) is 24.5 Å². The lowest BCUT2D eigenvalue weighted by atomic mass is 10.2. The number of hydrogen-bond acceptors (Lipinski definition) is 5. The van der Waals surface area contributed by atoms with E-state index in [1.807, 2.05) is 0 Å². The van der Waals surface area contributed by atoms with Crippen LogP contribution in [0.25, 0.3) is 0 Å². The smallest absolute Gasteiger partial charge is 0.322 e. The van der Waals surface area contributed by atoms with Crippen molar-refractivity contribution in [2.24, 2.45) is 0 Å². The van der Waals surface area contributed by atoms with E-state index in [1.54, 1.807) is 0 Å². The van der Waals surface area contributed by atoms with E-state index in [0.717, 1.165) is 10.5 Å². The van der Waals surface area contributed by atoms with Crippen molar-refractivity contribution in [1.29, 1.82) is 0 Å². The van der Waals surface area contributed by atoms with E-state index in [9.17, 15) is 18.3 Å². The predicted molar refractivity (Wildman–Crippen MR) is 60.2 cm³/mol. The van der Waals surface area contributed by atoms with E-state index in [4.69, 9.17) is 5.11 Å². The minimum Gasteiger partial charge on any atom is -0.480 e. The summed E-state index contributed by atoms with van der Waals surface area (Å²) in [6.07, 6.45) is 1.51. The number of aromatic nitrogens is 1. The Morgan fingerprint density at radius 3 is 2.78 bits per heavy atom. The normalized spacial score (nSPS) is 25.2. The van der Waals surface area contributed by atoms with Gasteiger partial charge in [0.05, 0.1) is 6.10 Å².